The van der Waals surface area contributed by atoms with E-state index in [2.05, 4.69) is 16.0 Å². The zero-order valence-electron chi connectivity index (χ0n) is 11.5. The summed E-state index contributed by atoms with van der Waals surface area (Å²) in [4.78, 5) is 7.49. The Morgan fingerprint density at radius 2 is 2.19 bits per heavy atom. The fourth-order valence-corrected chi connectivity index (χ4v) is 2.81. The van der Waals surface area contributed by atoms with Crippen LogP contribution >= 0.6 is 23.8 Å². The number of aromatic amines is 1. The van der Waals surface area contributed by atoms with Gasteiger partial charge in [0.2, 0.25) is 0 Å². The van der Waals surface area contributed by atoms with Gasteiger partial charge in [0.05, 0.1) is 17.6 Å². The molecule has 0 aliphatic carbocycles. The van der Waals surface area contributed by atoms with Gasteiger partial charge >= 0.3 is 0 Å². The summed E-state index contributed by atoms with van der Waals surface area (Å²) < 4.78 is 8.00. The van der Waals surface area contributed by atoms with Crippen molar-refractivity contribution in [3.8, 4) is 5.75 Å². The molecule has 0 unspecified atom stereocenters. The van der Waals surface area contributed by atoms with Crippen LogP contribution in [0.1, 0.15) is 5.56 Å². The fraction of sp³-hybridized carbons (Fsp3) is 0.200. The maximum absolute atomic E-state index is 5.95. The molecular formula is C15H14ClN3OS. The van der Waals surface area contributed by atoms with Crippen molar-refractivity contribution in [2.24, 2.45) is 0 Å². The fourth-order valence-electron chi connectivity index (χ4n) is 2.37. The van der Waals surface area contributed by atoms with E-state index in [1.807, 2.05) is 28.8 Å². The normalized spacial score (nSPS) is 11.0. The average molecular weight is 320 g/mol. The molecule has 21 heavy (non-hydrogen) atoms. The molecule has 0 aliphatic heterocycles. The lowest BCUT2D eigenvalue weighted by molar-refractivity contribution is 0.408. The number of aromatic nitrogens is 3. The standard InChI is InChI=1S/C15H14ClN3OS/c1-20-13-5-3-2-4-10(13)6-7-19-14-12(18-15(19)21)8-11(16)9-17-14/h2-5,8-9H,6-7H2,1H3,(H,18,21). The second kappa shape index (κ2) is 5.87. The summed E-state index contributed by atoms with van der Waals surface area (Å²) in [6, 6.07) is 9.82. The van der Waals surface area contributed by atoms with E-state index in [1.54, 1.807) is 13.3 Å². The molecule has 0 aliphatic rings. The smallest absolute Gasteiger partial charge is 0.179 e. The third kappa shape index (κ3) is 2.80. The topological polar surface area (TPSA) is 42.8 Å². The predicted octanol–water partition coefficient (Wildman–Crippen LogP) is 4.00. The van der Waals surface area contributed by atoms with Crippen LogP contribution < -0.4 is 4.74 Å². The minimum atomic E-state index is 0.593. The summed E-state index contributed by atoms with van der Waals surface area (Å²) in [7, 11) is 1.68. The van der Waals surface area contributed by atoms with E-state index in [0.29, 0.717) is 9.79 Å². The quantitative estimate of drug-likeness (QED) is 0.739. The van der Waals surface area contributed by atoms with Gasteiger partial charge in [-0.2, -0.15) is 0 Å². The molecule has 6 heteroatoms. The maximum Gasteiger partial charge on any atom is 0.179 e. The summed E-state index contributed by atoms with van der Waals surface area (Å²) in [5, 5.41) is 0.593. The van der Waals surface area contributed by atoms with E-state index >= 15 is 0 Å². The van der Waals surface area contributed by atoms with Crippen LogP contribution in [0.2, 0.25) is 5.02 Å². The van der Waals surface area contributed by atoms with Gasteiger partial charge in [-0.05, 0) is 36.3 Å². The number of methoxy groups -OCH3 is 1. The van der Waals surface area contributed by atoms with E-state index < -0.39 is 0 Å². The Kier molecular flexibility index (Phi) is 3.94. The van der Waals surface area contributed by atoms with E-state index in [0.717, 1.165) is 35.4 Å². The van der Waals surface area contributed by atoms with Gasteiger partial charge in [-0.1, -0.05) is 29.8 Å². The number of nitrogens with one attached hydrogen (secondary N) is 1. The van der Waals surface area contributed by atoms with Crippen molar-refractivity contribution in [2.45, 2.75) is 13.0 Å². The van der Waals surface area contributed by atoms with Crippen LogP contribution in [0.3, 0.4) is 0 Å². The Hall–Kier alpha value is -1.85. The SMILES string of the molecule is COc1ccccc1CCn1c(=S)[nH]c2cc(Cl)cnc21. The van der Waals surface area contributed by atoms with Crippen LogP contribution in [-0.4, -0.2) is 21.6 Å². The lowest BCUT2D eigenvalue weighted by Gasteiger charge is -2.08. The van der Waals surface area contributed by atoms with E-state index in [1.165, 1.54) is 0 Å². The Labute approximate surface area is 132 Å². The monoisotopic (exact) mass is 319 g/mol. The van der Waals surface area contributed by atoms with Crippen molar-refractivity contribution >= 4 is 35.0 Å². The molecule has 0 spiro atoms. The van der Waals surface area contributed by atoms with Gasteiger partial charge in [0.1, 0.15) is 5.75 Å². The molecule has 3 rings (SSSR count). The number of aryl methyl sites for hydroxylation is 2. The van der Waals surface area contributed by atoms with Crippen LogP contribution in [0, 0.1) is 4.77 Å². The molecule has 0 radical (unpaired) electrons. The summed E-state index contributed by atoms with van der Waals surface area (Å²) >= 11 is 11.3. The largest absolute Gasteiger partial charge is 0.496 e. The van der Waals surface area contributed by atoms with Gasteiger partial charge in [0.15, 0.2) is 10.4 Å². The first kappa shape index (κ1) is 14.1. The minimum absolute atomic E-state index is 0.593. The molecule has 3 aromatic rings. The van der Waals surface area contributed by atoms with Crippen molar-refractivity contribution < 1.29 is 4.74 Å². The first-order valence-electron chi connectivity index (χ1n) is 6.55. The van der Waals surface area contributed by atoms with Crippen LogP contribution in [0.25, 0.3) is 11.2 Å². The Bertz CT molecular complexity index is 840. The number of hydrogen-bond acceptors (Lipinski definition) is 3. The third-order valence-corrected chi connectivity index (χ3v) is 3.90. The van der Waals surface area contributed by atoms with E-state index in [4.69, 9.17) is 28.6 Å². The van der Waals surface area contributed by atoms with Gasteiger partial charge in [-0.15, -0.1) is 0 Å². The van der Waals surface area contributed by atoms with Crippen molar-refractivity contribution in [1.82, 2.24) is 14.5 Å². The zero-order chi connectivity index (χ0) is 14.8. The summed E-state index contributed by atoms with van der Waals surface area (Å²) in [5.74, 6) is 0.889. The third-order valence-electron chi connectivity index (χ3n) is 3.37. The molecule has 0 atom stereocenters. The second-order valence-electron chi connectivity index (χ2n) is 4.67. The molecular weight excluding hydrogens is 306 g/mol. The average Bonchev–Trinajstić information content (AvgIpc) is 2.80. The number of H-pyrrole nitrogens is 1. The molecule has 4 nitrogen and oxygen atoms in total. The number of nitrogens with zero attached hydrogens (tertiary/aromatic N) is 2. The van der Waals surface area contributed by atoms with Gasteiger partial charge in [0, 0.05) is 12.7 Å². The first-order chi connectivity index (χ1) is 10.2. The first-order valence-corrected chi connectivity index (χ1v) is 7.33. The highest BCUT2D eigenvalue weighted by Crippen LogP contribution is 2.20. The Morgan fingerprint density at radius 3 is 3.00 bits per heavy atom. The lowest BCUT2D eigenvalue weighted by atomic mass is 10.1. The van der Waals surface area contributed by atoms with E-state index in [-0.39, 0.29) is 0 Å². The number of fused-ring (bicyclic) bond motifs is 1. The van der Waals surface area contributed by atoms with Gasteiger partial charge < -0.3 is 14.3 Å². The van der Waals surface area contributed by atoms with Gasteiger partial charge in [-0.3, -0.25) is 0 Å². The van der Waals surface area contributed by atoms with E-state index in [9.17, 15) is 0 Å². The second-order valence-corrected chi connectivity index (χ2v) is 5.49. The molecule has 1 aromatic carbocycles. The number of rotatable bonds is 4. The molecule has 2 heterocycles. The predicted molar refractivity (Wildman–Crippen MR) is 86.6 cm³/mol. The number of imidazole rings is 1. The molecule has 1 N–H and O–H groups in total. The summed E-state index contributed by atoms with van der Waals surface area (Å²) in [6.45, 7) is 0.730. The highest BCUT2D eigenvalue weighted by Gasteiger charge is 2.08. The van der Waals surface area contributed by atoms with Crippen molar-refractivity contribution in [1.29, 1.82) is 0 Å². The molecule has 2 aromatic heterocycles. The minimum Gasteiger partial charge on any atom is -0.496 e. The highest BCUT2D eigenvalue weighted by molar-refractivity contribution is 7.71. The number of pyridine rings is 1. The molecule has 0 amide bonds. The number of benzene rings is 1. The molecule has 0 bridgehead atoms. The number of para-hydroxylation sites is 1. The van der Waals surface area contributed by atoms with Crippen LogP contribution in [0.15, 0.2) is 36.5 Å². The molecule has 0 fully saturated rings. The lowest BCUT2D eigenvalue weighted by Crippen LogP contribution is -2.03. The van der Waals surface area contributed by atoms with Gasteiger partial charge in [-0.25, -0.2) is 4.98 Å². The number of halogens is 1. The summed E-state index contributed by atoms with van der Waals surface area (Å²) in [5.41, 5.74) is 2.82. The molecule has 108 valence electrons. The zero-order valence-corrected chi connectivity index (χ0v) is 13.0. The Morgan fingerprint density at radius 1 is 1.38 bits per heavy atom. The van der Waals surface area contributed by atoms with Crippen molar-refractivity contribution in [3.05, 3.63) is 51.9 Å². The van der Waals surface area contributed by atoms with Crippen LogP contribution in [0.4, 0.5) is 0 Å². The number of ether oxygens (including phenoxy) is 1. The Balaban J connectivity index is 1.92. The highest BCUT2D eigenvalue weighted by atomic mass is 35.5. The van der Waals surface area contributed by atoms with Crippen molar-refractivity contribution in [2.75, 3.05) is 7.11 Å². The number of hydrogen-bond donors (Lipinski definition) is 1. The maximum atomic E-state index is 5.95. The van der Waals surface area contributed by atoms with Gasteiger partial charge in [0.25, 0.3) is 0 Å². The van der Waals surface area contributed by atoms with Crippen molar-refractivity contribution in [3.63, 3.8) is 0 Å². The summed E-state index contributed by atoms with van der Waals surface area (Å²) in [6.07, 6.45) is 2.45. The van der Waals surface area contributed by atoms with Crippen LogP contribution in [-0.2, 0) is 13.0 Å². The van der Waals surface area contributed by atoms with Crippen LogP contribution in [0.5, 0.6) is 5.75 Å². The molecule has 0 saturated heterocycles. The molecule has 0 saturated carbocycles.